The third-order valence-corrected chi connectivity index (χ3v) is 3.95. The third kappa shape index (κ3) is 8.88. The zero-order chi connectivity index (χ0) is 22.0. The Hall–Kier alpha value is -2.72. The number of alkyl halides is 3. The number of nitrogens with two attached hydrogens (primary N) is 1. The summed E-state index contributed by atoms with van der Waals surface area (Å²) in [5, 5.41) is 13.2. The van der Waals surface area contributed by atoms with Gasteiger partial charge in [0.15, 0.2) is 0 Å². The summed E-state index contributed by atoms with van der Waals surface area (Å²) in [5.74, 6) is -2.31. The van der Waals surface area contributed by atoms with Crippen molar-refractivity contribution >= 4 is 35.9 Å². The van der Waals surface area contributed by atoms with Crippen molar-refractivity contribution < 1.29 is 27.9 Å². The maximum atomic E-state index is 12.5. The summed E-state index contributed by atoms with van der Waals surface area (Å²) >= 11 is 4.16. The topological polar surface area (TPSA) is 104 Å². The van der Waals surface area contributed by atoms with Crippen molar-refractivity contribution in [3.8, 4) is 0 Å². The molecule has 0 aromatic heterocycles. The number of thiol groups is 1. The van der Waals surface area contributed by atoms with Gasteiger partial charge in [0.1, 0.15) is 0 Å². The number of para-hydroxylation sites is 1. The average Bonchev–Trinajstić information content (AvgIpc) is 2.66. The number of carbonyl (C=O) groups excluding carboxylic acids is 1. The van der Waals surface area contributed by atoms with E-state index in [2.05, 4.69) is 23.3 Å². The lowest BCUT2D eigenvalue weighted by Gasteiger charge is -2.15. The number of benzene rings is 2. The molecule has 0 aliphatic rings. The quantitative estimate of drug-likeness (QED) is 0.452. The summed E-state index contributed by atoms with van der Waals surface area (Å²) < 4.78 is 31.7. The highest BCUT2D eigenvalue weighted by atomic mass is 32.1. The summed E-state index contributed by atoms with van der Waals surface area (Å²) in [6.07, 6.45) is -5.08. The monoisotopic (exact) mass is 429 g/mol. The van der Waals surface area contributed by atoms with E-state index in [1.165, 1.54) is 0 Å². The molecule has 0 aliphatic heterocycles. The van der Waals surface area contributed by atoms with Crippen molar-refractivity contribution in [1.29, 1.82) is 0 Å². The predicted molar refractivity (Wildman–Crippen MR) is 110 cm³/mol. The lowest BCUT2D eigenvalue weighted by Crippen LogP contribution is -2.31. The fourth-order valence-corrected chi connectivity index (χ4v) is 2.19. The highest BCUT2D eigenvalue weighted by molar-refractivity contribution is 7.80. The van der Waals surface area contributed by atoms with Crippen LogP contribution in [0.15, 0.2) is 48.5 Å². The summed E-state index contributed by atoms with van der Waals surface area (Å²) in [4.78, 5) is 21.4. The largest absolute Gasteiger partial charge is 0.490 e. The molecule has 0 unspecified atom stereocenters. The first-order valence-electron chi connectivity index (χ1n) is 8.42. The average molecular weight is 429 g/mol. The maximum absolute atomic E-state index is 12.5. The van der Waals surface area contributed by atoms with Gasteiger partial charge in [0.2, 0.25) is 0 Å². The standard InChI is InChI=1S/C17H21N3OS.C2HF3O2/c1-12-5-4-6-14(9-12)20-17(21)15-7-2-3-8-16(15)19-10-13(18)11-22;3-2(4,5)1(6)7/h2-9,13,19,22H,10-11,18H2,1H3,(H,20,21);(H,6,7)/t13-;/m1./s1. The molecule has 0 fully saturated rings. The highest BCUT2D eigenvalue weighted by Gasteiger charge is 2.38. The zero-order valence-electron chi connectivity index (χ0n) is 15.5. The molecule has 158 valence electrons. The van der Waals surface area contributed by atoms with E-state index in [1.54, 1.807) is 6.07 Å². The van der Waals surface area contributed by atoms with Gasteiger partial charge in [-0.1, -0.05) is 24.3 Å². The summed E-state index contributed by atoms with van der Waals surface area (Å²) in [7, 11) is 0. The Kier molecular flexibility index (Phi) is 9.49. The van der Waals surface area contributed by atoms with E-state index in [-0.39, 0.29) is 11.9 Å². The van der Waals surface area contributed by atoms with Gasteiger partial charge < -0.3 is 21.5 Å². The minimum Gasteiger partial charge on any atom is -0.475 e. The molecule has 0 saturated heterocycles. The Balaban J connectivity index is 0.000000516. The molecule has 1 amide bonds. The molecular formula is C19H22F3N3O3S. The first kappa shape index (κ1) is 24.3. The van der Waals surface area contributed by atoms with Gasteiger partial charge in [-0.25, -0.2) is 4.79 Å². The minimum atomic E-state index is -5.08. The molecule has 5 N–H and O–H groups in total. The molecule has 2 aromatic carbocycles. The third-order valence-electron chi connectivity index (χ3n) is 3.48. The van der Waals surface area contributed by atoms with Crippen LogP contribution in [0.5, 0.6) is 0 Å². The van der Waals surface area contributed by atoms with Gasteiger partial charge in [0.05, 0.1) is 5.56 Å². The highest BCUT2D eigenvalue weighted by Crippen LogP contribution is 2.18. The number of amides is 1. The molecule has 2 rings (SSSR count). The van der Waals surface area contributed by atoms with Crippen LogP contribution in [0.4, 0.5) is 24.5 Å². The fraction of sp³-hybridized carbons (Fsp3) is 0.263. The summed E-state index contributed by atoms with van der Waals surface area (Å²) in [6, 6.07) is 15.0. The second-order valence-corrected chi connectivity index (χ2v) is 6.36. The molecule has 1 atom stereocenters. The number of carboxylic acids is 1. The number of halogens is 3. The van der Waals surface area contributed by atoms with Crippen LogP contribution in [-0.2, 0) is 4.79 Å². The van der Waals surface area contributed by atoms with E-state index >= 15 is 0 Å². The van der Waals surface area contributed by atoms with Gasteiger partial charge in [-0.05, 0) is 36.8 Å². The van der Waals surface area contributed by atoms with Crippen molar-refractivity contribution in [3.05, 3.63) is 59.7 Å². The van der Waals surface area contributed by atoms with E-state index in [1.807, 2.05) is 49.4 Å². The van der Waals surface area contributed by atoms with E-state index in [4.69, 9.17) is 15.6 Å². The van der Waals surface area contributed by atoms with E-state index < -0.39 is 12.1 Å². The van der Waals surface area contributed by atoms with Crippen LogP contribution in [-0.4, -0.2) is 41.5 Å². The molecule has 2 aromatic rings. The SMILES string of the molecule is Cc1cccc(NC(=O)c2ccccc2NC[C@@H](N)CS)c1.O=C(O)C(F)(F)F. The van der Waals surface area contributed by atoms with Crippen molar-refractivity contribution in [3.63, 3.8) is 0 Å². The number of carboxylic acid groups (broad SMARTS) is 1. The van der Waals surface area contributed by atoms with Gasteiger partial charge in [-0.2, -0.15) is 25.8 Å². The number of rotatable bonds is 6. The number of hydrogen-bond donors (Lipinski definition) is 5. The Morgan fingerprint density at radius 3 is 2.34 bits per heavy atom. The number of anilines is 2. The van der Waals surface area contributed by atoms with Crippen molar-refractivity contribution in [1.82, 2.24) is 0 Å². The number of aliphatic carboxylic acids is 1. The van der Waals surface area contributed by atoms with Gasteiger partial charge in [-0.3, -0.25) is 4.79 Å². The first-order chi connectivity index (χ1) is 13.5. The second-order valence-electron chi connectivity index (χ2n) is 6.00. The number of nitrogens with one attached hydrogen (secondary N) is 2. The van der Waals surface area contributed by atoms with Crippen LogP contribution in [0.2, 0.25) is 0 Å². The molecule has 10 heteroatoms. The van der Waals surface area contributed by atoms with E-state index in [0.29, 0.717) is 17.9 Å². The summed E-state index contributed by atoms with van der Waals surface area (Å²) in [5.41, 5.74) is 9.09. The second kappa shape index (κ2) is 11.3. The normalized spacial score (nSPS) is 11.7. The summed E-state index contributed by atoms with van der Waals surface area (Å²) in [6.45, 7) is 2.56. The number of hydrogen-bond acceptors (Lipinski definition) is 5. The molecule has 0 aliphatic carbocycles. The predicted octanol–water partition coefficient (Wildman–Crippen LogP) is 3.55. The molecule has 0 radical (unpaired) electrons. The molecule has 29 heavy (non-hydrogen) atoms. The van der Waals surface area contributed by atoms with Crippen molar-refractivity contribution in [2.24, 2.45) is 5.73 Å². The van der Waals surface area contributed by atoms with E-state index in [0.717, 1.165) is 16.9 Å². The van der Waals surface area contributed by atoms with Gasteiger partial charge in [-0.15, -0.1) is 0 Å². The number of aryl methyl sites for hydroxylation is 1. The fourth-order valence-electron chi connectivity index (χ4n) is 2.06. The van der Waals surface area contributed by atoms with Gasteiger partial charge >= 0.3 is 12.1 Å². The Morgan fingerprint density at radius 1 is 1.17 bits per heavy atom. The van der Waals surface area contributed by atoms with Crippen LogP contribution in [0.25, 0.3) is 0 Å². The van der Waals surface area contributed by atoms with Crippen LogP contribution >= 0.6 is 12.6 Å². The van der Waals surface area contributed by atoms with Crippen molar-refractivity contribution in [2.45, 2.75) is 19.1 Å². The maximum Gasteiger partial charge on any atom is 0.490 e. The van der Waals surface area contributed by atoms with Crippen molar-refractivity contribution in [2.75, 3.05) is 22.9 Å². The lowest BCUT2D eigenvalue weighted by atomic mass is 10.1. The van der Waals surface area contributed by atoms with E-state index in [9.17, 15) is 18.0 Å². The van der Waals surface area contributed by atoms with Gasteiger partial charge in [0.25, 0.3) is 5.91 Å². The Morgan fingerprint density at radius 2 is 1.79 bits per heavy atom. The Bertz CT molecular complexity index is 832. The molecular weight excluding hydrogens is 407 g/mol. The van der Waals surface area contributed by atoms with Crippen LogP contribution in [0.1, 0.15) is 15.9 Å². The minimum absolute atomic E-state index is 0.0591. The van der Waals surface area contributed by atoms with Crippen LogP contribution < -0.4 is 16.4 Å². The molecule has 0 saturated carbocycles. The Labute approximate surface area is 171 Å². The number of carbonyl (C=O) groups is 2. The lowest BCUT2D eigenvalue weighted by molar-refractivity contribution is -0.192. The molecule has 0 spiro atoms. The molecule has 0 bridgehead atoms. The van der Waals surface area contributed by atoms with Gasteiger partial charge in [0, 0.05) is 29.7 Å². The first-order valence-corrected chi connectivity index (χ1v) is 9.05. The zero-order valence-corrected chi connectivity index (χ0v) is 16.4. The molecule has 0 heterocycles. The molecule has 6 nitrogen and oxygen atoms in total. The van der Waals surface area contributed by atoms with Crippen LogP contribution in [0, 0.1) is 6.92 Å². The van der Waals surface area contributed by atoms with Crippen LogP contribution in [0.3, 0.4) is 0 Å². The smallest absolute Gasteiger partial charge is 0.475 e.